The van der Waals surface area contributed by atoms with Crippen molar-refractivity contribution in [3.63, 3.8) is 0 Å². The molecule has 0 unspecified atom stereocenters. The van der Waals surface area contributed by atoms with Crippen molar-refractivity contribution in [2.75, 3.05) is 0 Å². The number of rotatable bonds is 5. The predicted octanol–water partition coefficient (Wildman–Crippen LogP) is 3.92. The van der Waals surface area contributed by atoms with E-state index in [9.17, 15) is 5.26 Å². The first-order chi connectivity index (χ1) is 9.79. The molecule has 3 rings (SSSR count). The highest BCUT2D eigenvalue weighted by atomic mass is 35.5. The van der Waals surface area contributed by atoms with E-state index in [0.29, 0.717) is 16.6 Å². The molecule has 1 aromatic carbocycles. The van der Waals surface area contributed by atoms with Gasteiger partial charge in [-0.15, -0.1) is 0 Å². The van der Waals surface area contributed by atoms with Crippen molar-refractivity contribution >= 4 is 11.6 Å². The topological polar surface area (TPSA) is 41.6 Å². The van der Waals surface area contributed by atoms with Crippen molar-refractivity contribution in [2.45, 2.75) is 38.1 Å². The van der Waals surface area contributed by atoms with Gasteiger partial charge in [0.15, 0.2) is 0 Å². The number of aromatic nitrogens is 2. The molecule has 102 valence electrons. The number of halogens is 1. The Morgan fingerprint density at radius 2 is 2.05 bits per heavy atom. The molecule has 0 N–H and O–H groups in total. The third-order valence-electron chi connectivity index (χ3n) is 3.67. The largest absolute Gasteiger partial charge is 0.252 e. The molecule has 3 nitrogen and oxygen atoms in total. The van der Waals surface area contributed by atoms with Crippen molar-refractivity contribution in [1.82, 2.24) is 9.78 Å². The first kappa shape index (κ1) is 13.2. The van der Waals surface area contributed by atoms with Crippen molar-refractivity contribution in [3.8, 4) is 6.07 Å². The maximum atomic E-state index is 9.20. The lowest BCUT2D eigenvalue weighted by Gasteiger charge is -2.03. The monoisotopic (exact) mass is 285 g/mol. The fraction of sp³-hybridized carbons (Fsp3) is 0.375. The molecule has 1 aliphatic carbocycles. The van der Waals surface area contributed by atoms with E-state index in [-0.39, 0.29) is 0 Å². The van der Waals surface area contributed by atoms with Crippen LogP contribution in [0.2, 0.25) is 5.15 Å². The van der Waals surface area contributed by atoms with Crippen LogP contribution in [0, 0.1) is 11.3 Å². The zero-order valence-electron chi connectivity index (χ0n) is 11.2. The van der Waals surface area contributed by atoms with E-state index in [1.54, 1.807) is 4.68 Å². The number of nitriles is 1. The Kier molecular flexibility index (Phi) is 3.75. The first-order valence-electron chi connectivity index (χ1n) is 7.00. The second kappa shape index (κ2) is 5.68. The molecular formula is C16H16ClN3. The summed E-state index contributed by atoms with van der Waals surface area (Å²) in [6.45, 7) is 0.759. The van der Waals surface area contributed by atoms with Crippen LogP contribution >= 0.6 is 11.6 Å². The number of benzene rings is 1. The molecule has 0 amide bonds. The Morgan fingerprint density at radius 1 is 1.30 bits per heavy atom. The van der Waals surface area contributed by atoms with Crippen LogP contribution in [0.25, 0.3) is 0 Å². The predicted molar refractivity (Wildman–Crippen MR) is 78.7 cm³/mol. The Labute approximate surface area is 123 Å². The van der Waals surface area contributed by atoms with Crippen molar-refractivity contribution in [1.29, 1.82) is 5.26 Å². The molecule has 0 aliphatic heterocycles. The number of aryl methyl sites for hydroxylation is 2. The van der Waals surface area contributed by atoms with Crippen LogP contribution in [0.15, 0.2) is 30.3 Å². The molecule has 0 saturated heterocycles. The normalized spacial score (nSPS) is 14.2. The molecule has 1 saturated carbocycles. The van der Waals surface area contributed by atoms with Gasteiger partial charge in [0.05, 0.1) is 5.69 Å². The highest BCUT2D eigenvalue weighted by Crippen LogP contribution is 2.42. The van der Waals surface area contributed by atoms with E-state index < -0.39 is 0 Å². The average Bonchev–Trinajstić information content (AvgIpc) is 3.26. The molecule has 20 heavy (non-hydrogen) atoms. The van der Waals surface area contributed by atoms with Crippen molar-refractivity contribution in [2.24, 2.45) is 0 Å². The summed E-state index contributed by atoms with van der Waals surface area (Å²) in [6.07, 6.45) is 4.23. The summed E-state index contributed by atoms with van der Waals surface area (Å²) in [5.41, 5.74) is 2.80. The van der Waals surface area contributed by atoms with E-state index in [2.05, 4.69) is 35.4 Å². The number of hydrogen-bond acceptors (Lipinski definition) is 2. The zero-order chi connectivity index (χ0) is 13.9. The van der Waals surface area contributed by atoms with E-state index in [4.69, 9.17) is 11.6 Å². The molecule has 0 bridgehead atoms. The Balaban J connectivity index is 1.67. The lowest BCUT2D eigenvalue weighted by atomic mass is 10.1. The minimum absolute atomic E-state index is 0.456. The zero-order valence-corrected chi connectivity index (χ0v) is 12.0. The first-order valence-corrected chi connectivity index (χ1v) is 7.37. The van der Waals surface area contributed by atoms with Crippen LogP contribution in [0.1, 0.15) is 42.0 Å². The van der Waals surface area contributed by atoms with Gasteiger partial charge in [-0.25, -0.2) is 0 Å². The fourth-order valence-corrected chi connectivity index (χ4v) is 2.69. The minimum Gasteiger partial charge on any atom is -0.252 e. The van der Waals surface area contributed by atoms with Gasteiger partial charge in [0.25, 0.3) is 0 Å². The van der Waals surface area contributed by atoms with E-state index in [1.165, 1.54) is 5.56 Å². The van der Waals surface area contributed by atoms with Crippen LogP contribution in [0.3, 0.4) is 0 Å². The van der Waals surface area contributed by atoms with Gasteiger partial charge in [0, 0.05) is 12.5 Å². The molecule has 0 atom stereocenters. The smallest absolute Gasteiger partial charge is 0.145 e. The van der Waals surface area contributed by atoms with Crippen LogP contribution in [0.4, 0.5) is 0 Å². The summed E-state index contributed by atoms with van der Waals surface area (Å²) in [5.74, 6) is 0.456. The van der Waals surface area contributed by atoms with Gasteiger partial charge in [0.1, 0.15) is 16.8 Å². The van der Waals surface area contributed by atoms with E-state index in [1.807, 2.05) is 6.07 Å². The lowest BCUT2D eigenvalue weighted by molar-refractivity contribution is 0.573. The third kappa shape index (κ3) is 2.71. The molecule has 4 heteroatoms. The van der Waals surface area contributed by atoms with Gasteiger partial charge >= 0.3 is 0 Å². The SMILES string of the molecule is N#Cc1c(C2CC2)nn(CCCc2ccccc2)c1Cl. The highest BCUT2D eigenvalue weighted by Gasteiger charge is 2.31. The van der Waals surface area contributed by atoms with E-state index >= 15 is 0 Å². The van der Waals surface area contributed by atoms with Gasteiger partial charge in [-0.1, -0.05) is 41.9 Å². The summed E-state index contributed by atoms with van der Waals surface area (Å²) >= 11 is 6.26. The maximum absolute atomic E-state index is 9.20. The Bertz CT molecular complexity index is 636. The standard InChI is InChI=1S/C16H16ClN3/c17-16-14(11-18)15(13-8-9-13)19-20(16)10-4-7-12-5-2-1-3-6-12/h1-3,5-6,13H,4,7-10H2. The molecule has 1 fully saturated rings. The number of nitrogens with zero attached hydrogens (tertiary/aromatic N) is 3. The van der Waals surface area contributed by atoms with E-state index in [0.717, 1.165) is 37.9 Å². The van der Waals surface area contributed by atoms with Crippen LogP contribution in [-0.2, 0) is 13.0 Å². The van der Waals surface area contributed by atoms with Crippen LogP contribution in [0.5, 0.6) is 0 Å². The summed E-state index contributed by atoms with van der Waals surface area (Å²) in [6, 6.07) is 12.6. The summed E-state index contributed by atoms with van der Waals surface area (Å²) in [5, 5.41) is 14.2. The number of hydrogen-bond donors (Lipinski definition) is 0. The second-order valence-electron chi connectivity index (χ2n) is 5.25. The van der Waals surface area contributed by atoms with Crippen LogP contribution in [-0.4, -0.2) is 9.78 Å². The van der Waals surface area contributed by atoms with Crippen LogP contribution < -0.4 is 0 Å². The van der Waals surface area contributed by atoms with Gasteiger partial charge in [-0.05, 0) is 31.2 Å². The quantitative estimate of drug-likeness (QED) is 0.835. The Hall–Kier alpha value is -1.79. The van der Waals surface area contributed by atoms with Crippen molar-refractivity contribution in [3.05, 3.63) is 52.3 Å². The van der Waals surface area contributed by atoms with Gasteiger partial charge < -0.3 is 0 Å². The Morgan fingerprint density at radius 3 is 2.70 bits per heavy atom. The molecular weight excluding hydrogens is 270 g/mol. The molecule has 1 aliphatic rings. The highest BCUT2D eigenvalue weighted by molar-refractivity contribution is 6.30. The van der Waals surface area contributed by atoms with Crippen molar-refractivity contribution < 1.29 is 0 Å². The second-order valence-corrected chi connectivity index (χ2v) is 5.61. The molecule has 1 aromatic heterocycles. The molecule has 1 heterocycles. The van der Waals surface area contributed by atoms with Gasteiger partial charge in [0.2, 0.25) is 0 Å². The summed E-state index contributed by atoms with van der Waals surface area (Å²) in [7, 11) is 0. The summed E-state index contributed by atoms with van der Waals surface area (Å²) < 4.78 is 1.79. The third-order valence-corrected chi connectivity index (χ3v) is 4.06. The van der Waals surface area contributed by atoms with Gasteiger partial charge in [-0.3, -0.25) is 4.68 Å². The summed E-state index contributed by atoms with van der Waals surface area (Å²) in [4.78, 5) is 0. The molecule has 0 radical (unpaired) electrons. The lowest BCUT2D eigenvalue weighted by Crippen LogP contribution is -2.02. The fourth-order valence-electron chi connectivity index (χ4n) is 2.43. The maximum Gasteiger partial charge on any atom is 0.145 e. The minimum atomic E-state index is 0.456. The molecule has 0 spiro atoms. The van der Waals surface area contributed by atoms with Gasteiger partial charge in [-0.2, -0.15) is 10.4 Å². The average molecular weight is 286 g/mol. The molecule has 2 aromatic rings.